The number of aliphatic hydroxyl groups excluding tert-OH is 3. The van der Waals surface area contributed by atoms with Crippen LogP contribution >= 0.6 is 0 Å². The molecule has 9 nitrogen and oxygen atoms in total. The first-order valence-electron chi connectivity index (χ1n) is 7.76. The number of rotatable bonds is 6. The molecule has 1 saturated heterocycles. The minimum absolute atomic E-state index is 0.0167. The van der Waals surface area contributed by atoms with Crippen LogP contribution in [-0.4, -0.2) is 66.8 Å². The maximum absolute atomic E-state index is 9.89. The Morgan fingerprint density at radius 2 is 2.25 bits per heavy atom. The van der Waals surface area contributed by atoms with E-state index in [0.717, 1.165) is 5.57 Å². The predicted octanol–water partition coefficient (Wildman–Crippen LogP) is -0.183. The molecule has 2 aromatic heterocycles. The highest BCUT2D eigenvalue weighted by atomic mass is 16.5. The fourth-order valence-electron chi connectivity index (χ4n) is 2.63. The molecular weight excluding hydrogens is 314 g/mol. The van der Waals surface area contributed by atoms with E-state index in [4.69, 9.17) is 9.84 Å². The smallest absolute Gasteiger partial charge is 0.167 e. The Kier molecular flexibility index (Phi) is 5.05. The first-order chi connectivity index (χ1) is 11.6. The Morgan fingerprint density at radius 3 is 2.96 bits per heavy atom. The van der Waals surface area contributed by atoms with E-state index in [2.05, 4.69) is 20.3 Å². The number of nitrogens with one attached hydrogen (secondary N) is 1. The Labute approximate surface area is 138 Å². The topological polar surface area (TPSA) is 126 Å². The number of nitrogens with zero attached hydrogens (tertiary/aromatic N) is 4. The van der Waals surface area contributed by atoms with Gasteiger partial charge in [-0.3, -0.25) is 4.57 Å². The Morgan fingerprint density at radius 1 is 1.42 bits per heavy atom. The minimum atomic E-state index is -0.719. The third-order valence-corrected chi connectivity index (χ3v) is 4.02. The van der Waals surface area contributed by atoms with E-state index in [1.165, 1.54) is 6.33 Å². The van der Waals surface area contributed by atoms with Crippen LogP contribution in [-0.2, 0) is 4.74 Å². The molecule has 130 valence electrons. The van der Waals surface area contributed by atoms with Crippen molar-refractivity contribution in [3.63, 3.8) is 0 Å². The molecule has 0 unspecified atom stereocenters. The zero-order chi connectivity index (χ0) is 17.1. The van der Waals surface area contributed by atoms with Crippen LogP contribution in [0.1, 0.15) is 19.6 Å². The summed E-state index contributed by atoms with van der Waals surface area (Å²) in [5.41, 5.74) is 2.05. The van der Waals surface area contributed by atoms with Gasteiger partial charge in [-0.05, 0) is 6.92 Å². The van der Waals surface area contributed by atoms with E-state index in [-0.39, 0.29) is 13.2 Å². The number of anilines is 1. The van der Waals surface area contributed by atoms with Gasteiger partial charge < -0.3 is 25.4 Å². The lowest BCUT2D eigenvalue weighted by molar-refractivity contribution is -0.0432. The Bertz CT molecular complexity index is 732. The molecule has 24 heavy (non-hydrogen) atoms. The van der Waals surface area contributed by atoms with Gasteiger partial charge in [-0.25, -0.2) is 15.0 Å². The van der Waals surface area contributed by atoms with E-state index in [1.807, 2.05) is 13.0 Å². The van der Waals surface area contributed by atoms with Crippen LogP contribution < -0.4 is 5.32 Å². The molecule has 0 amide bonds. The van der Waals surface area contributed by atoms with Crippen molar-refractivity contribution in [2.45, 2.75) is 31.8 Å². The summed E-state index contributed by atoms with van der Waals surface area (Å²) in [6.07, 6.45) is 3.51. The first-order valence-corrected chi connectivity index (χ1v) is 7.76. The fraction of sp³-hybridized carbons (Fsp3) is 0.533. The molecule has 3 rings (SSSR count). The van der Waals surface area contributed by atoms with Crippen molar-refractivity contribution in [2.24, 2.45) is 0 Å². The largest absolute Gasteiger partial charge is 0.394 e. The quantitative estimate of drug-likeness (QED) is 0.536. The van der Waals surface area contributed by atoms with Gasteiger partial charge in [0.2, 0.25) is 0 Å². The van der Waals surface area contributed by atoms with Gasteiger partial charge in [0.1, 0.15) is 18.7 Å². The average molecular weight is 335 g/mol. The molecule has 3 atom stereocenters. The second-order valence-electron chi connectivity index (χ2n) is 5.75. The number of aliphatic hydroxyl groups is 3. The molecule has 1 aliphatic rings. The summed E-state index contributed by atoms with van der Waals surface area (Å²) in [5.74, 6) is 0.581. The number of ether oxygens (including phenoxy) is 1. The number of aromatic nitrogens is 4. The third kappa shape index (κ3) is 3.24. The normalized spacial score (nSPS) is 24.7. The number of hydrogen-bond donors (Lipinski definition) is 4. The molecule has 3 heterocycles. The van der Waals surface area contributed by atoms with Gasteiger partial charge in [-0.15, -0.1) is 0 Å². The summed E-state index contributed by atoms with van der Waals surface area (Å²) in [6.45, 7) is 2.13. The Balaban J connectivity index is 1.82. The average Bonchev–Trinajstić information content (AvgIpc) is 3.18. The van der Waals surface area contributed by atoms with Crippen molar-refractivity contribution >= 4 is 17.0 Å². The van der Waals surface area contributed by atoms with Crippen LogP contribution in [0.4, 0.5) is 5.82 Å². The zero-order valence-electron chi connectivity index (χ0n) is 13.3. The van der Waals surface area contributed by atoms with Gasteiger partial charge in [0.05, 0.1) is 25.6 Å². The molecule has 2 aromatic rings. The lowest BCUT2D eigenvalue weighted by atomic mass is 10.2. The predicted molar refractivity (Wildman–Crippen MR) is 86.3 cm³/mol. The van der Waals surface area contributed by atoms with E-state index in [0.29, 0.717) is 29.9 Å². The van der Waals surface area contributed by atoms with Crippen molar-refractivity contribution in [3.05, 3.63) is 24.3 Å². The summed E-state index contributed by atoms with van der Waals surface area (Å²) < 4.78 is 7.38. The number of fused-ring (bicyclic) bond motifs is 1. The van der Waals surface area contributed by atoms with Gasteiger partial charge in [0.25, 0.3) is 0 Å². The highest BCUT2D eigenvalue weighted by molar-refractivity contribution is 5.82. The summed E-state index contributed by atoms with van der Waals surface area (Å²) in [4.78, 5) is 12.8. The van der Waals surface area contributed by atoms with E-state index in [9.17, 15) is 10.2 Å². The van der Waals surface area contributed by atoms with Crippen LogP contribution in [0.15, 0.2) is 24.3 Å². The van der Waals surface area contributed by atoms with Crippen molar-refractivity contribution in [1.29, 1.82) is 0 Å². The van der Waals surface area contributed by atoms with Crippen molar-refractivity contribution < 1.29 is 20.1 Å². The van der Waals surface area contributed by atoms with Crippen LogP contribution in [0.2, 0.25) is 0 Å². The lowest BCUT2D eigenvalue weighted by Crippen LogP contribution is -2.24. The molecule has 1 aliphatic heterocycles. The van der Waals surface area contributed by atoms with Gasteiger partial charge in [0.15, 0.2) is 17.0 Å². The zero-order valence-corrected chi connectivity index (χ0v) is 13.3. The second kappa shape index (κ2) is 7.22. The molecule has 9 heteroatoms. The summed E-state index contributed by atoms with van der Waals surface area (Å²) in [7, 11) is 0. The van der Waals surface area contributed by atoms with Crippen LogP contribution in [0.25, 0.3) is 11.2 Å². The van der Waals surface area contributed by atoms with Gasteiger partial charge in [-0.1, -0.05) is 11.6 Å². The molecule has 0 radical (unpaired) electrons. The molecule has 0 spiro atoms. The fourth-order valence-corrected chi connectivity index (χ4v) is 2.63. The molecule has 0 aliphatic carbocycles. The third-order valence-electron chi connectivity index (χ3n) is 4.02. The van der Waals surface area contributed by atoms with E-state index < -0.39 is 18.4 Å². The van der Waals surface area contributed by atoms with Crippen molar-refractivity contribution in [2.75, 3.05) is 25.1 Å². The van der Waals surface area contributed by atoms with E-state index in [1.54, 1.807) is 10.9 Å². The Hall–Kier alpha value is -2.07. The number of hydrogen-bond acceptors (Lipinski definition) is 8. The lowest BCUT2D eigenvalue weighted by Gasteiger charge is -2.13. The van der Waals surface area contributed by atoms with Crippen molar-refractivity contribution in [3.8, 4) is 0 Å². The monoisotopic (exact) mass is 335 g/mol. The minimum Gasteiger partial charge on any atom is -0.394 e. The van der Waals surface area contributed by atoms with Crippen LogP contribution in [0.3, 0.4) is 0 Å². The number of imidazole rings is 1. The standard InChI is InChI=1S/C15H21N5O4/c1-9(5-21)2-3-16-14-13-15(18-7-17-14)20(8-19-13)12-4-10(23)11(6-22)24-12/h2,7-8,10-12,21-23H,3-6H2,1H3,(H,16,17,18)/t10-,11+,12+/m0/s1. The molecule has 0 saturated carbocycles. The highest BCUT2D eigenvalue weighted by Crippen LogP contribution is 2.31. The maximum atomic E-state index is 9.89. The van der Waals surface area contributed by atoms with Crippen LogP contribution in [0.5, 0.6) is 0 Å². The molecular formula is C15H21N5O4. The highest BCUT2D eigenvalue weighted by Gasteiger charge is 2.35. The molecule has 1 fully saturated rings. The summed E-state index contributed by atoms with van der Waals surface area (Å²) >= 11 is 0. The second-order valence-corrected chi connectivity index (χ2v) is 5.75. The maximum Gasteiger partial charge on any atom is 0.167 e. The van der Waals surface area contributed by atoms with Gasteiger partial charge in [0, 0.05) is 13.0 Å². The first kappa shape index (κ1) is 16.8. The summed E-state index contributed by atoms with van der Waals surface area (Å²) in [5, 5.41) is 31.2. The molecule has 0 aromatic carbocycles. The molecule has 0 bridgehead atoms. The van der Waals surface area contributed by atoms with Gasteiger partial charge >= 0.3 is 0 Å². The van der Waals surface area contributed by atoms with Crippen LogP contribution in [0, 0.1) is 0 Å². The van der Waals surface area contributed by atoms with E-state index >= 15 is 0 Å². The molecule has 4 N–H and O–H groups in total. The summed E-state index contributed by atoms with van der Waals surface area (Å²) in [6, 6.07) is 0. The van der Waals surface area contributed by atoms with Crippen molar-refractivity contribution in [1.82, 2.24) is 19.5 Å². The van der Waals surface area contributed by atoms with Gasteiger partial charge in [-0.2, -0.15) is 0 Å². The SMILES string of the molecule is CC(=CCNc1ncnc2c1ncn2[C@H]1C[C@H](O)[C@@H](CO)O1)CO.